The molecule has 3 aromatic rings. The first-order chi connectivity index (χ1) is 15.5. The average molecular weight is 430 g/mol. The lowest BCUT2D eigenvalue weighted by molar-refractivity contribution is -0.130. The number of hydrogen-bond donors (Lipinski definition) is 1. The zero-order valence-corrected chi connectivity index (χ0v) is 18.2. The Bertz CT molecular complexity index is 1120. The van der Waals surface area contributed by atoms with E-state index in [4.69, 9.17) is 10.5 Å². The maximum atomic E-state index is 13.2. The number of hydrogen-bond acceptors (Lipinski definition) is 4. The molecule has 0 saturated carbocycles. The van der Waals surface area contributed by atoms with Crippen LogP contribution in [0.3, 0.4) is 0 Å². The zero-order valence-electron chi connectivity index (χ0n) is 18.2. The maximum absolute atomic E-state index is 13.2. The van der Waals surface area contributed by atoms with Crippen molar-refractivity contribution < 1.29 is 14.3 Å². The van der Waals surface area contributed by atoms with Crippen molar-refractivity contribution in [2.24, 2.45) is 11.1 Å². The van der Waals surface area contributed by atoms with E-state index in [0.717, 1.165) is 23.1 Å². The van der Waals surface area contributed by atoms with Gasteiger partial charge >= 0.3 is 0 Å². The fourth-order valence-corrected chi connectivity index (χ4v) is 4.46. The largest absolute Gasteiger partial charge is 0.497 e. The number of pyridine rings is 1. The first-order valence-corrected chi connectivity index (χ1v) is 10.7. The minimum absolute atomic E-state index is 0.113. The number of benzene rings is 2. The van der Waals surface area contributed by atoms with Crippen molar-refractivity contribution in [1.29, 1.82) is 0 Å². The summed E-state index contributed by atoms with van der Waals surface area (Å²) < 4.78 is 5.25. The predicted molar refractivity (Wildman–Crippen MR) is 123 cm³/mol. The summed E-state index contributed by atoms with van der Waals surface area (Å²) in [5, 5.41) is 0. The van der Waals surface area contributed by atoms with Crippen molar-refractivity contribution in [3.63, 3.8) is 0 Å². The molecular formula is C26H27N3O3. The molecule has 6 heteroatoms. The fraction of sp³-hybridized carbons (Fsp3) is 0.269. The van der Waals surface area contributed by atoms with Crippen LogP contribution in [0.25, 0.3) is 11.1 Å². The second-order valence-electron chi connectivity index (χ2n) is 8.33. The third-order valence-corrected chi connectivity index (χ3v) is 6.17. The fourth-order valence-electron chi connectivity index (χ4n) is 4.46. The van der Waals surface area contributed by atoms with Gasteiger partial charge in [0.2, 0.25) is 5.91 Å². The number of aromatic nitrogens is 1. The lowest BCUT2D eigenvalue weighted by Crippen LogP contribution is -2.53. The van der Waals surface area contributed by atoms with Gasteiger partial charge in [-0.3, -0.25) is 14.6 Å². The first kappa shape index (κ1) is 21.6. The van der Waals surface area contributed by atoms with Crippen molar-refractivity contribution >= 4 is 11.8 Å². The minimum Gasteiger partial charge on any atom is -0.497 e. The molecule has 1 unspecified atom stereocenters. The van der Waals surface area contributed by atoms with Crippen LogP contribution in [-0.2, 0) is 11.2 Å². The lowest BCUT2D eigenvalue weighted by atomic mass is 9.74. The van der Waals surface area contributed by atoms with E-state index in [9.17, 15) is 9.59 Å². The molecular weight excluding hydrogens is 402 g/mol. The number of carbonyl (C=O) groups excluding carboxylic acids is 2. The van der Waals surface area contributed by atoms with E-state index in [1.165, 1.54) is 0 Å². The third kappa shape index (κ3) is 4.49. The summed E-state index contributed by atoms with van der Waals surface area (Å²) >= 11 is 0. The summed E-state index contributed by atoms with van der Waals surface area (Å²) in [4.78, 5) is 31.8. The Balaban J connectivity index is 1.58. The molecule has 32 heavy (non-hydrogen) atoms. The van der Waals surface area contributed by atoms with Crippen LogP contribution in [0.5, 0.6) is 5.75 Å². The van der Waals surface area contributed by atoms with Crippen LogP contribution >= 0.6 is 0 Å². The molecule has 1 aromatic heterocycles. The zero-order chi connectivity index (χ0) is 22.6. The number of carbonyl (C=O) groups is 2. The normalized spacial score (nSPS) is 18.2. The van der Waals surface area contributed by atoms with Gasteiger partial charge < -0.3 is 15.4 Å². The molecule has 0 spiro atoms. The van der Waals surface area contributed by atoms with Crippen LogP contribution in [0.2, 0.25) is 0 Å². The SMILES string of the molecule is COc1cccc(C(=O)N2CCCC(Cc3cccc(-c4cccnc4)c3)(C(N)=O)C2)c1. The van der Waals surface area contributed by atoms with E-state index in [-0.39, 0.29) is 11.8 Å². The molecule has 1 aliphatic heterocycles. The molecule has 6 nitrogen and oxygen atoms in total. The molecule has 4 rings (SSSR count). The van der Waals surface area contributed by atoms with Gasteiger partial charge in [0.05, 0.1) is 12.5 Å². The Kier molecular flexibility index (Phi) is 6.21. The van der Waals surface area contributed by atoms with Gasteiger partial charge in [0.25, 0.3) is 5.91 Å². The van der Waals surface area contributed by atoms with E-state index < -0.39 is 5.41 Å². The van der Waals surface area contributed by atoms with Gasteiger partial charge in [-0.25, -0.2) is 0 Å². The molecule has 0 aliphatic carbocycles. The van der Waals surface area contributed by atoms with E-state index in [1.54, 1.807) is 42.5 Å². The van der Waals surface area contributed by atoms with Gasteiger partial charge in [-0.1, -0.05) is 36.4 Å². The summed E-state index contributed by atoms with van der Waals surface area (Å²) in [5.41, 5.74) is 8.75. The molecule has 2 aromatic carbocycles. The Morgan fingerprint density at radius 3 is 2.66 bits per heavy atom. The third-order valence-electron chi connectivity index (χ3n) is 6.17. The molecule has 2 N–H and O–H groups in total. The molecule has 1 atom stereocenters. The number of likely N-dealkylation sites (tertiary alicyclic amines) is 1. The van der Waals surface area contributed by atoms with Gasteiger partial charge in [-0.15, -0.1) is 0 Å². The van der Waals surface area contributed by atoms with Crippen molar-refractivity contribution in [3.05, 3.63) is 84.2 Å². The molecule has 164 valence electrons. The predicted octanol–water partition coefficient (Wildman–Crippen LogP) is 3.71. The molecule has 1 fully saturated rings. The Morgan fingerprint density at radius 1 is 1.09 bits per heavy atom. The highest BCUT2D eigenvalue weighted by Gasteiger charge is 2.42. The maximum Gasteiger partial charge on any atom is 0.254 e. The van der Waals surface area contributed by atoms with Crippen LogP contribution in [0, 0.1) is 5.41 Å². The van der Waals surface area contributed by atoms with Crippen LogP contribution < -0.4 is 10.5 Å². The Labute approximate surface area is 188 Å². The van der Waals surface area contributed by atoms with Crippen molar-refractivity contribution in [3.8, 4) is 16.9 Å². The van der Waals surface area contributed by atoms with Gasteiger partial charge in [-0.2, -0.15) is 0 Å². The highest BCUT2D eigenvalue weighted by atomic mass is 16.5. The van der Waals surface area contributed by atoms with E-state index in [2.05, 4.69) is 11.1 Å². The quantitative estimate of drug-likeness (QED) is 0.647. The second kappa shape index (κ2) is 9.22. The van der Waals surface area contributed by atoms with Gasteiger partial charge in [0, 0.05) is 31.0 Å². The average Bonchev–Trinajstić information content (AvgIpc) is 2.84. The van der Waals surface area contributed by atoms with Crippen LogP contribution in [0.1, 0.15) is 28.8 Å². The molecule has 0 radical (unpaired) electrons. The van der Waals surface area contributed by atoms with Crippen LogP contribution in [0.15, 0.2) is 73.1 Å². The second-order valence-corrected chi connectivity index (χ2v) is 8.33. The smallest absolute Gasteiger partial charge is 0.254 e. The molecule has 2 heterocycles. The number of methoxy groups -OCH3 is 1. The molecule has 2 amide bonds. The van der Waals surface area contributed by atoms with Crippen molar-refractivity contribution in [2.45, 2.75) is 19.3 Å². The number of primary amides is 1. The monoisotopic (exact) mass is 429 g/mol. The number of ether oxygens (including phenoxy) is 1. The first-order valence-electron chi connectivity index (χ1n) is 10.7. The van der Waals surface area contributed by atoms with E-state index in [0.29, 0.717) is 37.2 Å². The van der Waals surface area contributed by atoms with Crippen LogP contribution in [0.4, 0.5) is 0 Å². The van der Waals surface area contributed by atoms with Crippen molar-refractivity contribution in [2.75, 3.05) is 20.2 Å². The molecule has 1 saturated heterocycles. The number of amides is 2. The Morgan fingerprint density at radius 2 is 1.91 bits per heavy atom. The van der Waals surface area contributed by atoms with E-state index >= 15 is 0 Å². The van der Waals surface area contributed by atoms with Crippen molar-refractivity contribution in [1.82, 2.24) is 9.88 Å². The summed E-state index contributed by atoms with van der Waals surface area (Å²) in [6.07, 6.45) is 5.42. The van der Waals surface area contributed by atoms with Gasteiger partial charge in [0.1, 0.15) is 5.75 Å². The highest BCUT2D eigenvalue weighted by Crippen LogP contribution is 2.35. The summed E-state index contributed by atoms with van der Waals surface area (Å²) in [5.74, 6) is 0.145. The highest BCUT2D eigenvalue weighted by molar-refractivity contribution is 5.95. The minimum atomic E-state index is -0.805. The topological polar surface area (TPSA) is 85.5 Å². The van der Waals surface area contributed by atoms with Crippen LogP contribution in [-0.4, -0.2) is 41.9 Å². The van der Waals surface area contributed by atoms with Gasteiger partial charge in [0.15, 0.2) is 0 Å². The molecule has 1 aliphatic rings. The number of rotatable bonds is 6. The number of nitrogens with zero attached hydrogens (tertiary/aromatic N) is 2. The summed E-state index contributed by atoms with van der Waals surface area (Å²) in [7, 11) is 1.57. The van der Waals surface area contributed by atoms with E-state index in [1.807, 2.05) is 36.5 Å². The summed E-state index contributed by atoms with van der Waals surface area (Å²) in [6, 6.07) is 19.1. The lowest BCUT2D eigenvalue weighted by Gasteiger charge is -2.41. The molecule has 0 bridgehead atoms. The number of nitrogens with two attached hydrogens (primary N) is 1. The summed E-state index contributed by atoms with van der Waals surface area (Å²) in [6.45, 7) is 0.899. The Hall–Kier alpha value is -3.67. The van der Waals surface area contributed by atoms with Gasteiger partial charge in [-0.05, 0) is 60.2 Å². The standard InChI is InChI=1S/C26H27N3O3/c1-32-23-10-3-8-21(15-23)24(30)29-13-5-11-26(18-29,25(27)31)16-19-6-2-7-20(14-19)22-9-4-12-28-17-22/h2-4,6-10,12,14-15,17H,5,11,13,16,18H2,1H3,(H2,27,31). The number of piperidine rings is 1.